The van der Waals surface area contributed by atoms with Crippen LogP contribution in [0.5, 0.6) is 28.7 Å². The van der Waals surface area contributed by atoms with Crippen LogP contribution in [0.15, 0.2) is 18.2 Å². The van der Waals surface area contributed by atoms with Gasteiger partial charge in [-0.15, -0.1) is 0 Å². The number of esters is 1. The van der Waals surface area contributed by atoms with Crippen LogP contribution in [0.2, 0.25) is 0 Å². The summed E-state index contributed by atoms with van der Waals surface area (Å²) in [6, 6.07) is 4.41. The highest BCUT2D eigenvalue weighted by atomic mass is 16.7. The number of methoxy groups -OCH3 is 4. The molecule has 0 spiro atoms. The van der Waals surface area contributed by atoms with Gasteiger partial charge in [0, 0.05) is 25.5 Å². The number of carbonyl (C=O) groups excluding carboxylic acids is 2. The summed E-state index contributed by atoms with van der Waals surface area (Å²) >= 11 is 0. The van der Waals surface area contributed by atoms with Gasteiger partial charge >= 0.3 is 5.97 Å². The summed E-state index contributed by atoms with van der Waals surface area (Å²) in [6.45, 7) is 1.84. The molecule has 1 N–H and O–H groups in total. The number of hydrogen-bond acceptors (Lipinski definition) is 9. The average molecular weight is 458 g/mol. The van der Waals surface area contributed by atoms with Crippen molar-refractivity contribution in [2.24, 2.45) is 0 Å². The van der Waals surface area contributed by atoms with Crippen molar-refractivity contribution in [2.45, 2.75) is 38.1 Å². The van der Waals surface area contributed by atoms with Gasteiger partial charge in [0.15, 0.2) is 0 Å². The molecule has 1 saturated heterocycles. The highest BCUT2D eigenvalue weighted by molar-refractivity contribution is 6.19. The Morgan fingerprint density at radius 1 is 1.03 bits per heavy atom. The molecule has 33 heavy (non-hydrogen) atoms. The minimum absolute atomic E-state index is 0.0735. The molecule has 2 unspecified atom stereocenters. The quantitative estimate of drug-likeness (QED) is 0.511. The molecule has 0 aliphatic carbocycles. The third kappa shape index (κ3) is 3.72. The van der Waals surface area contributed by atoms with Gasteiger partial charge in [-0.25, -0.2) is 4.79 Å². The van der Waals surface area contributed by atoms with Crippen molar-refractivity contribution in [1.29, 1.82) is 0 Å². The SMILES string of the molecule is COC(=O)c1cc(OC)cc(OC)c1C(=O)c1c(OC)cc2c(c1O)C1CCCC(C)(O2)O1. The summed E-state index contributed by atoms with van der Waals surface area (Å²) < 4.78 is 33.0. The van der Waals surface area contributed by atoms with Crippen LogP contribution < -0.4 is 18.9 Å². The van der Waals surface area contributed by atoms with Crippen molar-refractivity contribution in [3.8, 4) is 28.7 Å². The van der Waals surface area contributed by atoms with Gasteiger partial charge in [-0.05, 0) is 18.9 Å². The van der Waals surface area contributed by atoms with E-state index in [2.05, 4.69) is 0 Å². The lowest BCUT2D eigenvalue weighted by Crippen LogP contribution is -2.43. The number of phenols is 1. The molecule has 1 fully saturated rings. The van der Waals surface area contributed by atoms with E-state index in [1.165, 1.54) is 40.6 Å². The lowest BCUT2D eigenvalue weighted by molar-refractivity contribution is -0.243. The lowest BCUT2D eigenvalue weighted by atomic mass is 9.89. The average Bonchev–Trinajstić information content (AvgIpc) is 2.81. The van der Waals surface area contributed by atoms with Gasteiger partial charge < -0.3 is 33.5 Å². The summed E-state index contributed by atoms with van der Waals surface area (Å²) in [5, 5.41) is 11.3. The first-order valence-electron chi connectivity index (χ1n) is 10.5. The molecule has 9 nitrogen and oxygen atoms in total. The van der Waals surface area contributed by atoms with E-state index >= 15 is 0 Å². The van der Waals surface area contributed by atoms with Crippen LogP contribution in [0.1, 0.15) is 64.1 Å². The highest BCUT2D eigenvalue weighted by Gasteiger charge is 2.44. The van der Waals surface area contributed by atoms with Gasteiger partial charge in [0.2, 0.25) is 11.6 Å². The molecule has 0 aromatic heterocycles. The van der Waals surface area contributed by atoms with Crippen LogP contribution in [-0.2, 0) is 9.47 Å². The highest BCUT2D eigenvalue weighted by Crippen LogP contribution is 2.53. The number of phenolic OH excluding ortho intramolecular Hbond substituents is 1. The summed E-state index contributed by atoms with van der Waals surface area (Å²) in [6.07, 6.45) is 1.77. The molecule has 0 radical (unpaired) electrons. The van der Waals surface area contributed by atoms with Crippen LogP contribution in [0.3, 0.4) is 0 Å². The van der Waals surface area contributed by atoms with Gasteiger partial charge in [0.1, 0.15) is 34.3 Å². The van der Waals surface area contributed by atoms with E-state index in [0.29, 0.717) is 29.9 Å². The minimum Gasteiger partial charge on any atom is -0.506 e. The Morgan fingerprint density at radius 2 is 1.73 bits per heavy atom. The van der Waals surface area contributed by atoms with Gasteiger partial charge in [0.25, 0.3) is 0 Å². The number of fused-ring (bicyclic) bond motifs is 4. The van der Waals surface area contributed by atoms with E-state index in [1.807, 2.05) is 6.92 Å². The molecule has 0 amide bonds. The molecule has 4 rings (SSSR count). The Hall–Kier alpha value is -3.46. The Labute approximate surface area is 191 Å². The van der Waals surface area contributed by atoms with Crippen LogP contribution in [0.25, 0.3) is 0 Å². The van der Waals surface area contributed by atoms with E-state index in [4.69, 9.17) is 28.4 Å². The Kier molecular flexibility index (Phi) is 5.84. The van der Waals surface area contributed by atoms with E-state index < -0.39 is 23.6 Å². The number of ketones is 1. The zero-order chi connectivity index (χ0) is 23.9. The fraction of sp³-hybridized carbons (Fsp3) is 0.417. The summed E-state index contributed by atoms with van der Waals surface area (Å²) in [5.74, 6) is -1.71. The molecule has 2 aromatic carbocycles. The third-order valence-electron chi connectivity index (χ3n) is 6.01. The molecule has 2 heterocycles. The Morgan fingerprint density at radius 3 is 2.36 bits per heavy atom. The molecular formula is C24H26O9. The zero-order valence-electron chi connectivity index (χ0n) is 19.1. The normalized spacial score (nSPS) is 20.8. The second-order valence-electron chi connectivity index (χ2n) is 8.02. The molecule has 2 aliphatic rings. The maximum Gasteiger partial charge on any atom is 0.338 e. The van der Waals surface area contributed by atoms with Crippen molar-refractivity contribution in [3.05, 3.63) is 40.5 Å². The van der Waals surface area contributed by atoms with E-state index in [1.54, 1.807) is 6.07 Å². The van der Waals surface area contributed by atoms with Crippen LogP contribution >= 0.6 is 0 Å². The molecule has 2 aliphatic heterocycles. The number of rotatable bonds is 6. The molecule has 0 saturated carbocycles. The summed E-state index contributed by atoms with van der Waals surface area (Å²) in [7, 11) is 5.37. The first-order chi connectivity index (χ1) is 15.8. The number of carbonyl (C=O) groups is 2. The second-order valence-corrected chi connectivity index (χ2v) is 8.02. The second kappa shape index (κ2) is 8.47. The van der Waals surface area contributed by atoms with Gasteiger partial charge in [-0.3, -0.25) is 4.79 Å². The fourth-order valence-electron chi connectivity index (χ4n) is 4.45. The minimum atomic E-state index is -0.809. The smallest absolute Gasteiger partial charge is 0.338 e. The van der Waals surface area contributed by atoms with Gasteiger partial charge in [-0.2, -0.15) is 0 Å². The van der Waals surface area contributed by atoms with Crippen LogP contribution in [0, 0.1) is 0 Å². The molecule has 9 heteroatoms. The molecule has 2 bridgehead atoms. The molecule has 2 aromatic rings. The predicted molar refractivity (Wildman–Crippen MR) is 116 cm³/mol. The maximum absolute atomic E-state index is 13.8. The topological polar surface area (TPSA) is 110 Å². The van der Waals surface area contributed by atoms with Crippen molar-refractivity contribution in [3.63, 3.8) is 0 Å². The fourth-order valence-corrected chi connectivity index (χ4v) is 4.45. The summed E-state index contributed by atoms with van der Waals surface area (Å²) in [4.78, 5) is 26.4. The summed E-state index contributed by atoms with van der Waals surface area (Å²) in [5.41, 5.74) is 0.0788. The number of aromatic hydroxyl groups is 1. The first kappa shape index (κ1) is 22.7. The number of benzene rings is 2. The van der Waals surface area contributed by atoms with E-state index in [-0.39, 0.29) is 33.9 Å². The number of hydrogen-bond donors (Lipinski definition) is 1. The van der Waals surface area contributed by atoms with Gasteiger partial charge in [0.05, 0.1) is 51.2 Å². The largest absolute Gasteiger partial charge is 0.506 e. The third-order valence-corrected chi connectivity index (χ3v) is 6.01. The number of ether oxygens (including phenoxy) is 6. The molecule has 176 valence electrons. The van der Waals surface area contributed by atoms with E-state index in [9.17, 15) is 14.7 Å². The first-order valence-corrected chi connectivity index (χ1v) is 10.5. The van der Waals surface area contributed by atoms with Crippen LogP contribution in [0.4, 0.5) is 0 Å². The van der Waals surface area contributed by atoms with Crippen molar-refractivity contribution >= 4 is 11.8 Å². The Bertz CT molecular complexity index is 1120. The monoisotopic (exact) mass is 458 g/mol. The van der Waals surface area contributed by atoms with Crippen molar-refractivity contribution in [2.75, 3.05) is 28.4 Å². The Balaban J connectivity index is 1.94. The molecular weight excluding hydrogens is 432 g/mol. The van der Waals surface area contributed by atoms with Gasteiger partial charge in [-0.1, -0.05) is 0 Å². The van der Waals surface area contributed by atoms with Crippen molar-refractivity contribution in [1.82, 2.24) is 0 Å². The zero-order valence-corrected chi connectivity index (χ0v) is 19.1. The standard InChI is InChI=1S/C24H26O9/c1-24-8-6-7-14(32-24)19-17(33-24)11-16(30-4)20(22(19)26)21(25)18-13(23(27)31-5)9-12(28-2)10-15(18)29-3/h9-11,14,26H,6-8H2,1-5H3. The van der Waals surface area contributed by atoms with E-state index in [0.717, 1.165) is 6.42 Å². The van der Waals surface area contributed by atoms with Crippen LogP contribution in [-0.4, -0.2) is 51.1 Å². The maximum atomic E-state index is 13.8. The predicted octanol–water partition coefficient (Wildman–Crippen LogP) is 3.79. The lowest BCUT2D eigenvalue weighted by Gasteiger charge is -2.44. The van der Waals surface area contributed by atoms with Crippen molar-refractivity contribution < 1.29 is 43.1 Å². The molecule has 2 atom stereocenters.